The van der Waals surface area contributed by atoms with Crippen LogP contribution in [0.3, 0.4) is 0 Å². The predicted octanol–water partition coefficient (Wildman–Crippen LogP) is 1.15. The van der Waals surface area contributed by atoms with E-state index in [2.05, 4.69) is 0 Å². The van der Waals surface area contributed by atoms with Crippen molar-refractivity contribution in [1.82, 2.24) is 4.98 Å². The molecule has 0 saturated carbocycles. The van der Waals surface area contributed by atoms with E-state index in [1.165, 1.54) is 4.98 Å². The number of aromatic amines is 1. The molecule has 8 heteroatoms. The minimum absolute atomic E-state index is 0.0187. The molecule has 0 aromatic carbocycles. The molecule has 1 aromatic rings. The topological polar surface area (TPSA) is 70.2 Å². The second-order valence-electron chi connectivity index (χ2n) is 2.02. The van der Waals surface area contributed by atoms with Gasteiger partial charge < -0.3 is 10.1 Å². The summed E-state index contributed by atoms with van der Waals surface area (Å²) in [7, 11) is 0. The number of carbonyl (C=O) groups is 1. The van der Waals surface area contributed by atoms with E-state index in [9.17, 15) is 22.8 Å². The highest BCUT2D eigenvalue weighted by molar-refractivity contribution is 7.11. The highest BCUT2D eigenvalue weighted by Crippen LogP contribution is 2.30. The molecular weight excluding hydrogens is 212 g/mol. The Balaban J connectivity index is 3.36. The average Bonchev–Trinajstić information content (AvgIpc) is 2.29. The molecule has 1 rings (SSSR count). The minimum Gasteiger partial charge on any atom is -0.477 e. The smallest absolute Gasteiger partial charge is 0.433 e. The highest BCUT2D eigenvalue weighted by atomic mass is 32.1. The number of aromatic nitrogens is 1. The number of halogens is 3. The van der Waals surface area contributed by atoms with Crippen LogP contribution >= 0.6 is 11.3 Å². The number of aromatic carboxylic acids is 1. The van der Waals surface area contributed by atoms with Gasteiger partial charge in [-0.1, -0.05) is 11.3 Å². The molecule has 0 saturated heterocycles. The summed E-state index contributed by atoms with van der Waals surface area (Å²) in [5.41, 5.74) is -1.50. The number of H-pyrrole nitrogens is 1. The summed E-state index contributed by atoms with van der Waals surface area (Å²) in [5, 5.41) is 8.29. The van der Waals surface area contributed by atoms with Gasteiger partial charge in [0, 0.05) is 0 Å². The molecule has 1 heterocycles. The van der Waals surface area contributed by atoms with Crippen LogP contribution in [0.2, 0.25) is 0 Å². The van der Waals surface area contributed by atoms with Gasteiger partial charge in [-0.05, 0) is 0 Å². The summed E-state index contributed by atoms with van der Waals surface area (Å²) in [6.07, 6.45) is -4.84. The van der Waals surface area contributed by atoms with Crippen LogP contribution < -0.4 is 4.87 Å². The molecule has 4 nitrogen and oxygen atoms in total. The zero-order valence-corrected chi connectivity index (χ0v) is 6.62. The van der Waals surface area contributed by atoms with E-state index in [4.69, 9.17) is 5.11 Å². The molecular formula is C5H2F3NO3S. The molecule has 0 fully saturated rings. The van der Waals surface area contributed by atoms with Gasteiger partial charge in [0.05, 0.1) is 0 Å². The SMILES string of the molecule is O=C(O)c1sc(=O)[15nH]c1C(F)(F)F. The van der Waals surface area contributed by atoms with Gasteiger partial charge in [0.15, 0.2) is 0 Å². The Morgan fingerprint density at radius 2 is 2.00 bits per heavy atom. The molecule has 0 unspecified atom stereocenters. The van der Waals surface area contributed by atoms with Gasteiger partial charge in [0.25, 0.3) is 0 Å². The second-order valence-corrected chi connectivity index (χ2v) is 3.00. The van der Waals surface area contributed by atoms with Crippen molar-refractivity contribution in [3.8, 4) is 0 Å². The highest BCUT2D eigenvalue weighted by Gasteiger charge is 2.38. The molecule has 0 aliphatic rings. The van der Waals surface area contributed by atoms with Crippen LogP contribution in [0.15, 0.2) is 4.79 Å². The maximum absolute atomic E-state index is 12.0. The number of thiazole rings is 1. The normalized spacial score (nSPS) is 11.6. The minimum atomic E-state index is -4.84. The van der Waals surface area contributed by atoms with E-state index < -0.39 is 27.6 Å². The van der Waals surface area contributed by atoms with E-state index in [0.717, 1.165) is 0 Å². The van der Waals surface area contributed by atoms with Crippen molar-refractivity contribution in [3.63, 3.8) is 0 Å². The summed E-state index contributed by atoms with van der Waals surface area (Å²) < 4.78 is 36.0. The van der Waals surface area contributed by atoms with Crippen LogP contribution in [0.25, 0.3) is 0 Å². The second kappa shape index (κ2) is 2.87. The van der Waals surface area contributed by atoms with Crippen molar-refractivity contribution in [2.45, 2.75) is 6.18 Å². The zero-order chi connectivity index (χ0) is 10.2. The van der Waals surface area contributed by atoms with Crippen LogP contribution in [0, 0.1) is 0 Å². The Morgan fingerprint density at radius 1 is 1.46 bits per heavy atom. The zero-order valence-electron chi connectivity index (χ0n) is 5.81. The number of rotatable bonds is 1. The quantitative estimate of drug-likeness (QED) is 0.736. The molecule has 0 aliphatic heterocycles. The fraction of sp³-hybridized carbons (Fsp3) is 0.200. The first kappa shape index (κ1) is 9.78. The van der Waals surface area contributed by atoms with Crippen LogP contribution in [0.4, 0.5) is 13.2 Å². The Bertz CT molecular complexity index is 390. The lowest BCUT2D eigenvalue weighted by molar-refractivity contribution is -0.141. The number of nitrogens with one attached hydrogen (secondary N) is 1. The molecule has 0 radical (unpaired) electrons. The number of alkyl halides is 3. The van der Waals surface area contributed by atoms with Crippen molar-refractivity contribution >= 4 is 17.3 Å². The van der Waals surface area contributed by atoms with Crippen molar-refractivity contribution in [3.05, 3.63) is 20.2 Å². The monoisotopic (exact) mass is 214 g/mol. The predicted molar refractivity (Wildman–Crippen MR) is 36.9 cm³/mol. The molecule has 0 spiro atoms. The first-order chi connectivity index (χ1) is 5.82. The first-order valence-corrected chi connectivity index (χ1v) is 3.67. The first-order valence-electron chi connectivity index (χ1n) is 2.86. The molecule has 0 aliphatic carbocycles. The molecule has 0 bridgehead atoms. The average molecular weight is 214 g/mol. The maximum atomic E-state index is 12.0. The van der Waals surface area contributed by atoms with Crippen molar-refractivity contribution in [2.24, 2.45) is 0 Å². The lowest BCUT2D eigenvalue weighted by Crippen LogP contribution is -2.12. The van der Waals surface area contributed by atoms with Gasteiger partial charge in [-0.3, -0.25) is 4.79 Å². The van der Waals surface area contributed by atoms with Crippen molar-refractivity contribution in [1.29, 1.82) is 0 Å². The van der Waals surface area contributed by atoms with E-state index in [1.807, 2.05) is 0 Å². The summed E-state index contributed by atoms with van der Waals surface area (Å²) in [5.74, 6) is -1.77. The molecule has 2 N–H and O–H groups in total. The summed E-state index contributed by atoms with van der Waals surface area (Å²) >= 11 is 0.0187. The van der Waals surface area contributed by atoms with Crippen LogP contribution in [-0.2, 0) is 6.18 Å². The molecule has 0 atom stereocenters. The standard InChI is InChI=1S/C5H2F3NO3S/c6-5(7,8)2-1(3(10)11)13-4(12)9-2/h(H,9,12)(H,10,11)/i9+1. The number of carboxylic acid groups (broad SMARTS) is 1. The lowest BCUT2D eigenvalue weighted by Gasteiger charge is -2.02. The Labute approximate surface area is 72.6 Å². The lowest BCUT2D eigenvalue weighted by atomic mass is 10.4. The van der Waals surface area contributed by atoms with Gasteiger partial charge >= 0.3 is 17.0 Å². The third-order valence-electron chi connectivity index (χ3n) is 1.13. The number of hydrogen-bond acceptors (Lipinski definition) is 3. The van der Waals surface area contributed by atoms with Gasteiger partial charge in [0.2, 0.25) is 0 Å². The van der Waals surface area contributed by atoms with Crippen LogP contribution in [-0.4, -0.2) is 16.1 Å². The van der Waals surface area contributed by atoms with E-state index in [1.54, 1.807) is 0 Å². The third kappa shape index (κ3) is 1.89. The van der Waals surface area contributed by atoms with E-state index in [-0.39, 0.29) is 11.3 Å². The number of carboxylic acids is 1. The van der Waals surface area contributed by atoms with E-state index >= 15 is 0 Å². The van der Waals surface area contributed by atoms with Gasteiger partial charge in [-0.2, -0.15) is 13.2 Å². The maximum Gasteiger partial charge on any atom is 0.433 e. The molecule has 72 valence electrons. The molecule has 13 heavy (non-hydrogen) atoms. The third-order valence-corrected chi connectivity index (χ3v) is 2.00. The number of hydrogen-bond donors (Lipinski definition) is 2. The summed E-state index contributed by atoms with van der Waals surface area (Å²) in [6, 6.07) is 0. The van der Waals surface area contributed by atoms with Gasteiger partial charge in [0.1, 0.15) is 10.6 Å². The Kier molecular flexibility index (Phi) is 2.16. The Morgan fingerprint density at radius 3 is 2.31 bits per heavy atom. The largest absolute Gasteiger partial charge is 0.477 e. The van der Waals surface area contributed by atoms with Crippen LogP contribution in [0.5, 0.6) is 0 Å². The fourth-order valence-corrected chi connectivity index (χ4v) is 1.37. The fourth-order valence-electron chi connectivity index (χ4n) is 0.678. The van der Waals surface area contributed by atoms with Crippen molar-refractivity contribution in [2.75, 3.05) is 0 Å². The summed E-state index contributed by atoms with van der Waals surface area (Å²) in [6.45, 7) is 0. The molecule has 0 amide bonds. The summed E-state index contributed by atoms with van der Waals surface area (Å²) in [4.78, 5) is 20.1. The van der Waals surface area contributed by atoms with Crippen LogP contribution in [0.1, 0.15) is 15.4 Å². The van der Waals surface area contributed by atoms with Gasteiger partial charge in [-0.15, -0.1) is 0 Å². The van der Waals surface area contributed by atoms with E-state index in [0.29, 0.717) is 0 Å². The molecule has 1 aromatic heterocycles. The van der Waals surface area contributed by atoms with Gasteiger partial charge in [-0.25, -0.2) is 4.79 Å². The Hall–Kier alpha value is -1.31. The van der Waals surface area contributed by atoms with Crippen molar-refractivity contribution < 1.29 is 23.1 Å².